The molecule has 1 aromatic rings. The van der Waals surface area contributed by atoms with Gasteiger partial charge in [0.25, 0.3) is 5.91 Å². The van der Waals surface area contributed by atoms with Gasteiger partial charge in [-0.3, -0.25) is 4.79 Å². The number of aliphatic hydroxyl groups is 1. The molecule has 0 aliphatic heterocycles. The van der Waals surface area contributed by atoms with Gasteiger partial charge in [-0.25, -0.2) is 0 Å². The zero-order chi connectivity index (χ0) is 16.0. The first kappa shape index (κ1) is 16.8. The first-order chi connectivity index (χ1) is 9.71. The quantitative estimate of drug-likeness (QED) is 0.631. The number of hydrogen-bond acceptors (Lipinski definition) is 4. The van der Waals surface area contributed by atoms with Crippen LogP contribution in [0.15, 0.2) is 34.5 Å². The van der Waals surface area contributed by atoms with E-state index in [1.165, 1.54) is 12.1 Å². The minimum Gasteiger partial charge on any atom is -0.511 e. The number of alkyl halides is 3. The average Bonchev–Trinajstić information content (AvgIpc) is 2.31. The summed E-state index contributed by atoms with van der Waals surface area (Å²) < 4.78 is 40.0. The van der Waals surface area contributed by atoms with Crippen molar-refractivity contribution in [3.8, 4) is 11.8 Å². The summed E-state index contributed by atoms with van der Waals surface area (Å²) in [5.41, 5.74) is 0.183. The van der Waals surface area contributed by atoms with Gasteiger partial charge in [-0.15, -0.1) is 13.2 Å². The summed E-state index contributed by atoms with van der Waals surface area (Å²) >= 11 is 2.88. The van der Waals surface area contributed by atoms with Gasteiger partial charge >= 0.3 is 6.36 Å². The van der Waals surface area contributed by atoms with Gasteiger partial charge in [0.15, 0.2) is 0 Å². The molecular weight excluding hydrogens is 357 g/mol. The van der Waals surface area contributed by atoms with Crippen molar-refractivity contribution in [3.05, 3.63) is 34.5 Å². The second-order valence-corrected chi connectivity index (χ2v) is 4.51. The predicted octanol–water partition coefficient (Wildman–Crippen LogP) is 3.64. The van der Waals surface area contributed by atoms with Crippen LogP contribution >= 0.6 is 15.9 Å². The Kier molecular flexibility index (Phi) is 5.60. The number of carbonyl (C=O) groups excluding carboxylic acids is 1. The number of anilines is 1. The minimum absolute atomic E-state index is 0.0112. The van der Waals surface area contributed by atoms with Gasteiger partial charge in [-0.2, -0.15) is 5.26 Å². The lowest BCUT2D eigenvalue weighted by Crippen LogP contribution is -2.17. The second-order valence-electron chi connectivity index (χ2n) is 3.65. The molecule has 0 heterocycles. The summed E-state index contributed by atoms with van der Waals surface area (Å²) in [6, 6.07) is 5.06. The number of ether oxygens (including phenoxy) is 1. The lowest BCUT2D eigenvalue weighted by Gasteiger charge is -2.11. The third-order valence-corrected chi connectivity index (χ3v) is 2.60. The van der Waals surface area contributed by atoms with Gasteiger partial charge in [0.05, 0.1) is 17.0 Å². The van der Waals surface area contributed by atoms with Crippen molar-refractivity contribution in [3.63, 3.8) is 0 Å². The molecule has 0 saturated carbocycles. The van der Waals surface area contributed by atoms with Gasteiger partial charge in [0, 0.05) is 11.8 Å². The highest BCUT2D eigenvalue weighted by molar-refractivity contribution is 9.10. The number of rotatable bonds is 4. The van der Waals surface area contributed by atoms with Crippen LogP contribution in [0, 0.1) is 11.3 Å². The SMILES string of the molecule is N#CC/C(O)=C\C(=O)Nc1ccc(OC(F)(F)F)c(Br)c1. The molecule has 0 spiro atoms. The van der Waals surface area contributed by atoms with Crippen LogP contribution in [0.25, 0.3) is 0 Å². The molecule has 0 aromatic heterocycles. The number of carbonyl (C=O) groups is 1. The van der Waals surface area contributed by atoms with Crippen LogP contribution in [0.4, 0.5) is 18.9 Å². The second kappa shape index (κ2) is 6.99. The fourth-order valence-electron chi connectivity index (χ4n) is 1.25. The third kappa shape index (κ3) is 6.18. The van der Waals surface area contributed by atoms with Gasteiger partial charge in [0.2, 0.25) is 0 Å². The number of aliphatic hydroxyl groups excluding tert-OH is 1. The molecule has 1 aromatic carbocycles. The molecule has 21 heavy (non-hydrogen) atoms. The van der Waals surface area contributed by atoms with Crippen molar-refractivity contribution in [2.45, 2.75) is 12.8 Å². The van der Waals surface area contributed by atoms with E-state index in [1.807, 2.05) is 0 Å². The first-order valence-corrected chi connectivity index (χ1v) is 6.13. The highest BCUT2D eigenvalue weighted by atomic mass is 79.9. The van der Waals surface area contributed by atoms with Crippen LogP contribution < -0.4 is 10.1 Å². The topological polar surface area (TPSA) is 82.3 Å². The van der Waals surface area contributed by atoms with E-state index < -0.39 is 23.8 Å². The van der Waals surface area contributed by atoms with Gasteiger partial charge in [-0.05, 0) is 34.1 Å². The lowest BCUT2D eigenvalue weighted by molar-refractivity contribution is -0.274. The third-order valence-electron chi connectivity index (χ3n) is 1.98. The van der Waals surface area contributed by atoms with Crippen LogP contribution in [0.5, 0.6) is 5.75 Å². The molecule has 2 N–H and O–H groups in total. The van der Waals surface area contributed by atoms with Gasteiger partial charge in [-0.1, -0.05) is 0 Å². The van der Waals surface area contributed by atoms with Crippen molar-refractivity contribution < 1.29 is 27.8 Å². The summed E-state index contributed by atoms with van der Waals surface area (Å²) in [7, 11) is 0. The average molecular weight is 365 g/mol. The smallest absolute Gasteiger partial charge is 0.511 e. The molecule has 0 aliphatic rings. The minimum atomic E-state index is -4.82. The monoisotopic (exact) mass is 364 g/mol. The molecule has 5 nitrogen and oxygen atoms in total. The van der Waals surface area contributed by atoms with Crippen molar-refractivity contribution in [2.75, 3.05) is 5.32 Å². The van der Waals surface area contributed by atoms with Crippen LogP contribution in [-0.2, 0) is 4.79 Å². The summed E-state index contributed by atoms with van der Waals surface area (Å²) in [5, 5.41) is 19.8. The summed E-state index contributed by atoms with van der Waals surface area (Å²) in [6.45, 7) is 0. The first-order valence-electron chi connectivity index (χ1n) is 5.34. The summed E-state index contributed by atoms with van der Waals surface area (Å²) in [5.74, 6) is -1.60. The van der Waals surface area contributed by atoms with Crippen LogP contribution in [0.3, 0.4) is 0 Å². The lowest BCUT2D eigenvalue weighted by atomic mass is 10.3. The van der Waals surface area contributed by atoms with Crippen LogP contribution in [0.1, 0.15) is 6.42 Å². The molecule has 9 heteroatoms. The molecule has 0 bridgehead atoms. The Hall–Kier alpha value is -2.21. The molecule has 1 rings (SSSR count). The van der Waals surface area contributed by atoms with E-state index >= 15 is 0 Å². The fourth-order valence-corrected chi connectivity index (χ4v) is 1.71. The van der Waals surface area contributed by atoms with E-state index in [4.69, 9.17) is 10.4 Å². The Morgan fingerprint density at radius 3 is 2.71 bits per heavy atom. The fraction of sp³-hybridized carbons (Fsp3) is 0.167. The van der Waals surface area contributed by atoms with Crippen molar-refractivity contribution in [2.24, 2.45) is 0 Å². The maximum Gasteiger partial charge on any atom is 0.573 e. The number of nitrogens with zero attached hydrogens (tertiary/aromatic N) is 1. The number of benzene rings is 1. The molecular formula is C12H8BrF3N2O3. The Morgan fingerprint density at radius 2 is 2.19 bits per heavy atom. The van der Waals surface area contributed by atoms with E-state index in [2.05, 4.69) is 26.0 Å². The van der Waals surface area contributed by atoms with Crippen molar-refractivity contribution in [1.29, 1.82) is 5.26 Å². The highest BCUT2D eigenvalue weighted by Crippen LogP contribution is 2.32. The number of amides is 1. The standard InChI is InChI=1S/C12H8BrF3N2O3/c13-9-5-7(1-2-10(9)21-12(14,15)16)18-11(20)6-8(19)3-4-17/h1-2,5-6,19H,3H2,(H,18,20)/b8-6+. The number of allylic oxidation sites excluding steroid dienone is 1. The van der Waals surface area contributed by atoms with E-state index in [1.54, 1.807) is 6.07 Å². The molecule has 0 unspecified atom stereocenters. The Labute approximate surface area is 125 Å². The molecule has 1 amide bonds. The normalized spacial score (nSPS) is 11.7. The molecule has 112 valence electrons. The zero-order valence-electron chi connectivity index (χ0n) is 10.2. The van der Waals surface area contributed by atoms with Crippen LogP contribution in [0.2, 0.25) is 0 Å². The highest BCUT2D eigenvalue weighted by Gasteiger charge is 2.31. The maximum absolute atomic E-state index is 12.1. The molecule has 0 fully saturated rings. The van der Waals surface area contributed by atoms with E-state index in [-0.39, 0.29) is 16.6 Å². The van der Waals surface area contributed by atoms with Crippen LogP contribution in [-0.4, -0.2) is 17.4 Å². The molecule has 0 saturated heterocycles. The Morgan fingerprint density at radius 1 is 1.52 bits per heavy atom. The predicted molar refractivity (Wildman–Crippen MR) is 70.4 cm³/mol. The summed E-state index contributed by atoms with van der Waals surface area (Å²) in [4.78, 5) is 11.4. The zero-order valence-corrected chi connectivity index (χ0v) is 11.8. The van der Waals surface area contributed by atoms with Crippen molar-refractivity contribution >= 4 is 27.5 Å². The Bertz CT molecular complexity index is 609. The number of nitrogens with one attached hydrogen (secondary N) is 1. The molecule has 0 radical (unpaired) electrons. The van der Waals surface area contributed by atoms with E-state index in [9.17, 15) is 18.0 Å². The van der Waals surface area contributed by atoms with Gasteiger partial charge < -0.3 is 15.2 Å². The summed E-state index contributed by atoms with van der Waals surface area (Å²) in [6.07, 6.45) is -4.34. The number of halogens is 4. The number of nitriles is 1. The van der Waals surface area contributed by atoms with Gasteiger partial charge in [0.1, 0.15) is 11.5 Å². The molecule has 0 aliphatic carbocycles. The maximum atomic E-state index is 12.1. The Balaban J connectivity index is 2.79. The van der Waals surface area contributed by atoms with Crippen molar-refractivity contribution in [1.82, 2.24) is 0 Å². The van der Waals surface area contributed by atoms with E-state index in [0.29, 0.717) is 0 Å². The molecule has 0 atom stereocenters. The largest absolute Gasteiger partial charge is 0.573 e. The van der Waals surface area contributed by atoms with E-state index in [0.717, 1.165) is 12.1 Å². The number of hydrogen-bond donors (Lipinski definition) is 2.